The van der Waals surface area contributed by atoms with Crippen molar-refractivity contribution in [2.45, 2.75) is 43.8 Å². The fourth-order valence-electron chi connectivity index (χ4n) is 4.74. The van der Waals surface area contributed by atoms with E-state index in [1.54, 1.807) is 56.3 Å². The number of carbonyl (C=O) groups excluding carboxylic acids is 2. The molecular formula is C34H36FN3O5S. The quantitative estimate of drug-likeness (QED) is 0.223. The molecule has 10 heteroatoms. The van der Waals surface area contributed by atoms with Crippen LogP contribution < -0.4 is 14.4 Å². The monoisotopic (exact) mass is 617 g/mol. The summed E-state index contributed by atoms with van der Waals surface area (Å²) in [5, 5.41) is 2.88. The Kier molecular flexibility index (Phi) is 10.7. The van der Waals surface area contributed by atoms with Gasteiger partial charge in [-0.15, -0.1) is 0 Å². The van der Waals surface area contributed by atoms with Crippen LogP contribution in [-0.2, 0) is 32.6 Å². The van der Waals surface area contributed by atoms with Crippen LogP contribution in [0.2, 0.25) is 0 Å². The third-order valence-corrected chi connectivity index (χ3v) is 8.76. The number of hydrogen-bond acceptors (Lipinski definition) is 5. The summed E-state index contributed by atoms with van der Waals surface area (Å²) in [6.07, 6.45) is 0.135. The molecule has 0 saturated heterocycles. The second kappa shape index (κ2) is 14.7. The Bertz CT molecular complexity index is 1650. The molecule has 230 valence electrons. The number of hydrogen-bond donors (Lipinski definition) is 1. The van der Waals surface area contributed by atoms with Crippen LogP contribution in [0.1, 0.15) is 25.0 Å². The number of ether oxygens (including phenoxy) is 1. The maximum atomic E-state index is 15.0. The summed E-state index contributed by atoms with van der Waals surface area (Å²) < 4.78 is 49.2. The molecule has 0 spiro atoms. The highest BCUT2D eigenvalue weighted by atomic mass is 32.2. The molecule has 0 bridgehead atoms. The van der Waals surface area contributed by atoms with Crippen LogP contribution >= 0.6 is 0 Å². The molecule has 0 aliphatic carbocycles. The van der Waals surface area contributed by atoms with E-state index in [1.165, 1.54) is 48.4 Å². The van der Waals surface area contributed by atoms with Crippen molar-refractivity contribution in [2.75, 3.05) is 18.0 Å². The van der Waals surface area contributed by atoms with Gasteiger partial charge in [-0.2, -0.15) is 0 Å². The summed E-state index contributed by atoms with van der Waals surface area (Å²) >= 11 is 0. The SMILES string of the molecule is COc1ccc(S(=O)(=O)N(CC(=O)N(Cc2ccccc2F)[C@@H](Cc2ccccc2)C(=O)NC(C)C)c2ccccc2)cc1. The number of nitrogens with zero attached hydrogens (tertiary/aromatic N) is 2. The van der Waals surface area contributed by atoms with Crippen LogP contribution in [-0.4, -0.2) is 50.9 Å². The van der Waals surface area contributed by atoms with E-state index < -0.39 is 40.2 Å². The van der Waals surface area contributed by atoms with Crippen molar-refractivity contribution in [3.63, 3.8) is 0 Å². The van der Waals surface area contributed by atoms with Gasteiger partial charge in [-0.25, -0.2) is 12.8 Å². The Morgan fingerprint density at radius 3 is 2.02 bits per heavy atom. The molecular weight excluding hydrogens is 581 g/mol. The highest BCUT2D eigenvalue weighted by molar-refractivity contribution is 7.92. The van der Waals surface area contributed by atoms with Crippen LogP contribution in [0.3, 0.4) is 0 Å². The molecule has 0 aliphatic rings. The van der Waals surface area contributed by atoms with Crippen LogP contribution in [0, 0.1) is 5.82 Å². The average molecular weight is 618 g/mol. The van der Waals surface area contributed by atoms with E-state index >= 15 is 0 Å². The molecule has 0 fully saturated rings. The molecule has 2 amide bonds. The molecule has 0 aromatic heterocycles. The van der Waals surface area contributed by atoms with Crippen molar-refractivity contribution < 1.29 is 27.1 Å². The first-order valence-electron chi connectivity index (χ1n) is 14.2. The smallest absolute Gasteiger partial charge is 0.264 e. The lowest BCUT2D eigenvalue weighted by atomic mass is 10.0. The van der Waals surface area contributed by atoms with E-state index in [4.69, 9.17) is 4.74 Å². The highest BCUT2D eigenvalue weighted by Crippen LogP contribution is 2.26. The second-order valence-electron chi connectivity index (χ2n) is 10.5. The van der Waals surface area contributed by atoms with Gasteiger partial charge in [-0.1, -0.05) is 66.7 Å². The third-order valence-electron chi connectivity index (χ3n) is 6.97. The molecule has 4 aromatic rings. The first kappa shape index (κ1) is 32.2. The van der Waals surface area contributed by atoms with Gasteiger partial charge in [0.15, 0.2) is 0 Å². The van der Waals surface area contributed by atoms with Gasteiger partial charge in [0.2, 0.25) is 11.8 Å². The lowest BCUT2D eigenvalue weighted by molar-refractivity contribution is -0.140. The number of rotatable bonds is 13. The summed E-state index contributed by atoms with van der Waals surface area (Å²) in [7, 11) is -2.78. The van der Waals surface area contributed by atoms with E-state index in [1.807, 2.05) is 30.3 Å². The minimum atomic E-state index is -4.26. The van der Waals surface area contributed by atoms with Gasteiger partial charge in [0.05, 0.1) is 17.7 Å². The Hall–Kier alpha value is -4.70. The van der Waals surface area contributed by atoms with Crippen LogP contribution in [0.4, 0.5) is 10.1 Å². The number of methoxy groups -OCH3 is 1. The molecule has 1 N–H and O–H groups in total. The number of amides is 2. The summed E-state index contributed by atoms with van der Waals surface area (Å²) in [6.45, 7) is 2.73. The van der Waals surface area contributed by atoms with Crippen molar-refractivity contribution >= 4 is 27.5 Å². The fourth-order valence-corrected chi connectivity index (χ4v) is 6.16. The van der Waals surface area contributed by atoms with E-state index in [9.17, 15) is 22.4 Å². The maximum absolute atomic E-state index is 15.0. The van der Waals surface area contributed by atoms with Gasteiger partial charge in [0.25, 0.3) is 10.0 Å². The largest absolute Gasteiger partial charge is 0.497 e. The first-order valence-corrected chi connectivity index (χ1v) is 15.6. The van der Waals surface area contributed by atoms with Gasteiger partial charge in [-0.05, 0) is 61.9 Å². The van der Waals surface area contributed by atoms with E-state index in [0.29, 0.717) is 5.75 Å². The minimum absolute atomic E-state index is 0.0472. The topological polar surface area (TPSA) is 96.0 Å². The van der Waals surface area contributed by atoms with Gasteiger partial charge in [0, 0.05) is 24.6 Å². The number of sulfonamides is 1. The number of nitrogens with one attached hydrogen (secondary N) is 1. The Morgan fingerprint density at radius 1 is 0.841 bits per heavy atom. The van der Waals surface area contributed by atoms with E-state index in [-0.39, 0.29) is 35.2 Å². The second-order valence-corrected chi connectivity index (χ2v) is 12.4. The van der Waals surface area contributed by atoms with Crippen molar-refractivity contribution in [2.24, 2.45) is 0 Å². The molecule has 4 aromatic carbocycles. The zero-order chi connectivity index (χ0) is 31.7. The zero-order valence-electron chi connectivity index (χ0n) is 24.9. The van der Waals surface area contributed by atoms with Crippen molar-refractivity contribution in [1.82, 2.24) is 10.2 Å². The summed E-state index contributed by atoms with van der Waals surface area (Å²) in [5.74, 6) is -1.17. The molecule has 0 unspecified atom stereocenters. The van der Waals surface area contributed by atoms with Gasteiger partial charge in [-0.3, -0.25) is 13.9 Å². The maximum Gasteiger partial charge on any atom is 0.264 e. The van der Waals surface area contributed by atoms with E-state index in [0.717, 1.165) is 9.87 Å². The minimum Gasteiger partial charge on any atom is -0.497 e. The Balaban J connectivity index is 1.79. The molecule has 0 saturated carbocycles. The van der Waals surface area contributed by atoms with Crippen molar-refractivity contribution in [3.05, 3.63) is 126 Å². The number of halogens is 1. The van der Waals surface area contributed by atoms with E-state index in [2.05, 4.69) is 5.32 Å². The van der Waals surface area contributed by atoms with Crippen LogP contribution in [0.15, 0.2) is 114 Å². The average Bonchev–Trinajstić information content (AvgIpc) is 3.02. The van der Waals surface area contributed by atoms with Crippen molar-refractivity contribution in [3.8, 4) is 5.75 Å². The first-order chi connectivity index (χ1) is 21.1. The normalized spacial score (nSPS) is 11.9. The molecule has 44 heavy (non-hydrogen) atoms. The molecule has 4 rings (SSSR count). The van der Waals surface area contributed by atoms with Crippen LogP contribution in [0.5, 0.6) is 5.75 Å². The lowest BCUT2D eigenvalue weighted by Gasteiger charge is -2.34. The number of carbonyl (C=O) groups is 2. The molecule has 0 heterocycles. The van der Waals surface area contributed by atoms with Crippen molar-refractivity contribution in [1.29, 1.82) is 0 Å². The number of benzene rings is 4. The van der Waals surface area contributed by atoms with Crippen LogP contribution in [0.25, 0.3) is 0 Å². The summed E-state index contributed by atoms with van der Waals surface area (Å²) in [5.41, 5.74) is 1.24. The predicted octanol–water partition coefficient (Wildman–Crippen LogP) is 5.19. The Morgan fingerprint density at radius 2 is 1.43 bits per heavy atom. The molecule has 8 nitrogen and oxygen atoms in total. The summed E-state index contributed by atoms with van der Waals surface area (Å²) in [4.78, 5) is 29.2. The number of anilines is 1. The standard InChI is InChI=1S/C34H36FN3O5S/c1-25(2)36-34(40)32(22-26-12-6-4-7-13-26)37(23-27-14-10-11-17-31(27)35)33(39)24-38(28-15-8-5-9-16-28)44(41,42)30-20-18-29(43-3)19-21-30/h4-21,25,32H,22-24H2,1-3H3,(H,36,40)/t32-/m0/s1. The fraction of sp³-hybridized carbons (Fsp3) is 0.235. The predicted molar refractivity (Wildman–Crippen MR) is 168 cm³/mol. The zero-order valence-corrected chi connectivity index (χ0v) is 25.7. The highest BCUT2D eigenvalue weighted by Gasteiger charge is 2.35. The van der Waals surface area contributed by atoms with Gasteiger partial charge < -0.3 is 15.0 Å². The Labute approximate surface area is 258 Å². The molecule has 0 aliphatic heterocycles. The molecule has 0 radical (unpaired) electrons. The van der Waals surface area contributed by atoms with Gasteiger partial charge in [0.1, 0.15) is 24.2 Å². The van der Waals surface area contributed by atoms with Gasteiger partial charge >= 0.3 is 0 Å². The molecule has 1 atom stereocenters. The summed E-state index contributed by atoms with van der Waals surface area (Å²) in [6, 6.07) is 28.0. The number of para-hydroxylation sites is 1. The lowest BCUT2D eigenvalue weighted by Crippen LogP contribution is -2.54. The third kappa shape index (κ3) is 8.02.